The van der Waals surface area contributed by atoms with E-state index in [1.807, 2.05) is 12.1 Å². The van der Waals surface area contributed by atoms with Crippen LogP contribution in [-0.2, 0) is 5.41 Å². The Hall–Kier alpha value is -10.2. The summed E-state index contributed by atoms with van der Waals surface area (Å²) < 4.78 is 13.5. The summed E-state index contributed by atoms with van der Waals surface area (Å²) in [6.07, 6.45) is 0. The molecule has 0 spiro atoms. The van der Waals surface area contributed by atoms with Crippen LogP contribution in [0.15, 0.2) is 276 Å². The second-order valence-electron chi connectivity index (χ2n) is 25.1. The zero-order valence-electron chi connectivity index (χ0n) is 48.6. The first kappa shape index (κ1) is 50.6. The highest BCUT2D eigenvalue weighted by atomic mass is 16.3. The maximum atomic E-state index is 6.75. The average molecular weight is 1100 g/mol. The van der Waals surface area contributed by atoms with Gasteiger partial charge >= 0.3 is 0 Å². The van der Waals surface area contributed by atoms with Crippen LogP contribution in [0.1, 0.15) is 52.7 Å². The fraction of sp³-hybridized carbons (Fsp3) is 0.111. The largest absolute Gasteiger partial charge is 0.454 e. The van der Waals surface area contributed by atoms with Gasteiger partial charge in [0.2, 0.25) is 0 Å². The van der Waals surface area contributed by atoms with Crippen molar-refractivity contribution in [3.63, 3.8) is 0 Å². The van der Waals surface area contributed by atoms with E-state index >= 15 is 0 Å². The monoisotopic (exact) mass is 1090 g/mol. The summed E-state index contributed by atoms with van der Waals surface area (Å²) in [7, 11) is 0. The molecule has 0 fully saturated rings. The SMILES string of the molecule is CC(C)(C)C1(C(C)(C)C)c2cc(-c3cccc(N(c4ccccc4)c4cccc5c4oc4ccccc45)c3)c3ccccc3c2-c2c1c1ccc(-c3cccc(N(c4ccccc4)c4cccc5c4oc4ccccc45)c3)cc1c1ccccc21. The zero-order valence-corrected chi connectivity index (χ0v) is 48.6. The number of nitrogens with zero attached hydrogens (tertiary/aromatic N) is 2. The molecular weight excluding hydrogens is 1030 g/mol. The molecule has 4 heteroatoms. The molecule has 4 nitrogen and oxygen atoms in total. The normalized spacial score (nSPS) is 13.2. The van der Waals surface area contributed by atoms with Gasteiger partial charge in [0, 0.05) is 49.7 Å². The molecule has 0 aliphatic heterocycles. The molecule has 1 aliphatic carbocycles. The fourth-order valence-corrected chi connectivity index (χ4v) is 15.5. The molecule has 0 unspecified atom stereocenters. The van der Waals surface area contributed by atoms with Crippen LogP contribution < -0.4 is 9.80 Å². The van der Waals surface area contributed by atoms with Crippen molar-refractivity contribution in [1.29, 1.82) is 0 Å². The standard InChI is InChI=1S/C81H62N2O2/c1-79(2,3)81(80(4,5)6)69-50-67(53-26-22-32-57(48-53)83(55-29-11-8-12-30-55)71-42-24-40-66-61-36-18-20-44-73(61)85-78(66)71)58-33-13-15-37-62(58)74(69)75-63-38-16-14-34-59(63)68-49-52(45-46-64(68)76(75)81)51-25-21-31-56(47-51)82(54-27-9-7-10-28-54)70-41-23-39-65-60-35-17-19-43-72(60)84-77(65)70/h7-50H,1-6H3. The Balaban J connectivity index is 0.898. The summed E-state index contributed by atoms with van der Waals surface area (Å²) in [6, 6.07) is 97.5. The van der Waals surface area contributed by atoms with Crippen LogP contribution in [0, 0.1) is 10.8 Å². The summed E-state index contributed by atoms with van der Waals surface area (Å²) >= 11 is 0. The Morgan fingerprint density at radius 3 is 1.27 bits per heavy atom. The van der Waals surface area contributed by atoms with Gasteiger partial charge in [0.25, 0.3) is 0 Å². The molecule has 0 radical (unpaired) electrons. The van der Waals surface area contributed by atoms with Gasteiger partial charge in [-0.25, -0.2) is 0 Å². The number of hydrogen-bond donors (Lipinski definition) is 0. The van der Waals surface area contributed by atoms with E-state index < -0.39 is 5.41 Å². The topological polar surface area (TPSA) is 32.8 Å². The van der Waals surface area contributed by atoms with Crippen LogP contribution in [0.2, 0.25) is 0 Å². The average Bonchev–Trinajstić information content (AvgIpc) is 1.53. The summed E-state index contributed by atoms with van der Waals surface area (Å²) in [4.78, 5) is 4.70. The summed E-state index contributed by atoms with van der Waals surface area (Å²) in [5, 5.41) is 12.0. The van der Waals surface area contributed by atoms with Crippen molar-refractivity contribution in [3.05, 3.63) is 278 Å². The van der Waals surface area contributed by atoms with Crippen LogP contribution in [-0.4, -0.2) is 0 Å². The fourth-order valence-electron chi connectivity index (χ4n) is 15.5. The van der Waals surface area contributed by atoms with Crippen molar-refractivity contribution >= 4 is 110 Å². The number of furan rings is 2. The minimum absolute atomic E-state index is 0.256. The Bertz CT molecular complexity index is 5150. The third kappa shape index (κ3) is 7.54. The maximum Gasteiger partial charge on any atom is 0.159 e. The molecule has 0 atom stereocenters. The molecule has 408 valence electrons. The predicted octanol–water partition coefficient (Wildman–Crippen LogP) is 23.6. The lowest BCUT2D eigenvalue weighted by atomic mass is 9.49. The second-order valence-corrected chi connectivity index (χ2v) is 25.1. The highest BCUT2D eigenvalue weighted by Gasteiger charge is 2.59. The van der Waals surface area contributed by atoms with Crippen LogP contribution in [0.25, 0.3) is 110 Å². The van der Waals surface area contributed by atoms with Gasteiger partial charge in [0.05, 0.1) is 11.4 Å². The molecule has 0 amide bonds. The van der Waals surface area contributed by atoms with Gasteiger partial charge in [-0.05, 0) is 173 Å². The highest BCUT2D eigenvalue weighted by Crippen LogP contribution is 2.69. The van der Waals surface area contributed by atoms with Gasteiger partial charge in [-0.2, -0.15) is 0 Å². The molecule has 0 bridgehead atoms. The molecule has 15 aromatic rings. The Morgan fingerprint density at radius 1 is 0.294 bits per heavy atom. The van der Waals surface area contributed by atoms with Crippen molar-refractivity contribution in [3.8, 4) is 33.4 Å². The third-order valence-electron chi connectivity index (χ3n) is 18.5. The molecule has 85 heavy (non-hydrogen) atoms. The van der Waals surface area contributed by atoms with Crippen LogP contribution in [0.3, 0.4) is 0 Å². The Morgan fingerprint density at radius 2 is 0.718 bits per heavy atom. The van der Waals surface area contributed by atoms with Crippen molar-refractivity contribution < 1.29 is 8.83 Å². The van der Waals surface area contributed by atoms with E-state index in [9.17, 15) is 0 Å². The van der Waals surface area contributed by atoms with E-state index in [0.717, 1.165) is 94.7 Å². The van der Waals surface area contributed by atoms with E-state index in [4.69, 9.17) is 8.83 Å². The molecule has 0 saturated heterocycles. The minimum atomic E-state index is -0.467. The van der Waals surface area contributed by atoms with Gasteiger partial charge in [0.1, 0.15) is 11.2 Å². The first-order valence-corrected chi connectivity index (χ1v) is 29.7. The highest BCUT2D eigenvalue weighted by molar-refractivity contribution is 6.23. The number of rotatable bonds is 8. The first-order chi connectivity index (χ1) is 41.5. The van der Waals surface area contributed by atoms with Gasteiger partial charge < -0.3 is 18.6 Å². The number of benzene rings is 13. The lowest BCUT2D eigenvalue weighted by molar-refractivity contribution is 0.0965. The van der Waals surface area contributed by atoms with E-state index in [0.29, 0.717) is 0 Å². The lowest BCUT2D eigenvalue weighted by Gasteiger charge is -2.53. The quantitative estimate of drug-likeness (QED) is 0.142. The Kier molecular flexibility index (Phi) is 11.3. The van der Waals surface area contributed by atoms with Crippen molar-refractivity contribution in [2.75, 3.05) is 9.80 Å². The summed E-state index contributed by atoms with van der Waals surface area (Å²) in [5.41, 5.74) is 18.9. The van der Waals surface area contributed by atoms with E-state index in [2.05, 4.69) is 306 Å². The molecular formula is C81H62N2O2. The summed E-state index contributed by atoms with van der Waals surface area (Å²) in [6.45, 7) is 14.9. The summed E-state index contributed by atoms with van der Waals surface area (Å²) in [5.74, 6) is 0. The third-order valence-corrected chi connectivity index (χ3v) is 18.5. The molecule has 13 aromatic carbocycles. The smallest absolute Gasteiger partial charge is 0.159 e. The minimum Gasteiger partial charge on any atom is -0.454 e. The van der Waals surface area contributed by atoms with E-state index in [1.165, 1.54) is 60.1 Å². The van der Waals surface area contributed by atoms with Crippen LogP contribution in [0.5, 0.6) is 0 Å². The maximum absolute atomic E-state index is 6.75. The number of hydrogen-bond acceptors (Lipinski definition) is 4. The lowest BCUT2D eigenvalue weighted by Crippen LogP contribution is -2.50. The number of anilines is 6. The van der Waals surface area contributed by atoms with Gasteiger partial charge in [0.15, 0.2) is 11.2 Å². The molecule has 16 rings (SSSR count). The predicted molar refractivity (Wildman–Crippen MR) is 359 cm³/mol. The molecule has 1 aliphatic rings. The first-order valence-electron chi connectivity index (χ1n) is 29.7. The van der Waals surface area contributed by atoms with Crippen molar-refractivity contribution in [1.82, 2.24) is 0 Å². The number of fused-ring (bicyclic) bond motifs is 16. The molecule has 2 aromatic heterocycles. The Labute approximate surface area is 495 Å². The van der Waals surface area contributed by atoms with Gasteiger partial charge in [-0.15, -0.1) is 0 Å². The molecule has 0 N–H and O–H groups in total. The second kappa shape index (κ2) is 18.9. The van der Waals surface area contributed by atoms with E-state index in [-0.39, 0.29) is 10.8 Å². The van der Waals surface area contributed by atoms with Gasteiger partial charge in [-0.3, -0.25) is 0 Å². The van der Waals surface area contributed by atoms with Gasteiger partial charge in [-0.1, -0.05) is 224 Å². The number of para-hydroxylation sites is 6. The zero-order chi connectivity index (χ0) is 57.3. The van der Waals surface area contributed by atoms with Crippen molar-refractivity contribution in [2.24, 2.45) is 10.8 Å². The van der Waals surface area contributed by atoms with Crippen LogP contribution in [0.4, 0.5) is 34.1 Å². The molecule has 2 heterocycles. The molecule has 0 saturated carbocycles. The van der Waals surface area contributed by atoms with Crippen molar-refractivity contribution in [2.45, 2.75) is 47.0 Å². The van der Waals surface area contributed by atoms with Crippen LogP contribution >= 0.6 is 0 Å². The van der Waals surface area contributed by atoms with E-state index in [1.54, 1.807) is 0 Å².